The van der Waals surface area contributed by atoms with Gasteiger partial charge in [-0.15, -0.1) is 0 Å². The molecular weight excluding hydrogens is 293 g/mol. The van der Waals surface area contributed by atoms with E-state index in [1.165, 1.54) is 12.1 Å². The zero-order chi connectivity index (χ0) is 15.6. The van der Waals surface area contributed by atoms with Gasteiger partial charge in [0.1, 0.15) is 18.2 Å². The van der Waals surface area contributed by atoms with Gasteiger partial charge in [0.05, 0.1) is 22.9 Å². The molecule has 0 unspecified atom stereocenters. The smallest absolute Gasteiger partial charge is 0.129 e. The Morgan fingerprint density at radius 2 is 2.09 bits per heavy atom. The monoisotopic (exact) mass is 305 g/mol. The summed E-state index contributed by atoms with van der Waals surface area (Å²) in [6.07, 6.45) is 1.82. The number of hydrogen-bond acceptors (Lipinski definition) is 3. The third kappa shape index (κ3) is 1.70. The van der Waals surface area contributed by atoms with E-state index in [-0.39, 0.29) is 5.82 Å². The van der Waals surface area contributed by atoms with Gasteiger partial charge in [-0.25, -0.2) is 9.37 Å². The summed E-state index contributed by atoms with van der Waals surface area (Å²) in [6, 6.07) is 10.7. The largest absolute Gasteiger partial charge is 0.488 e. The summed E-state index contributed by atoms with van der Waals surface area (Å²) in [5, 5.41) is 6.34. The molecule has 0 bridgehead atoms. The molecule has 0 aliphatic carbocycles. The number of hydrogen-bond donors (Lipinski definition) is 0. The van der Waals surface area contributed by atoms with Crippen molar-refractivity contribution in [2.45, 2.75) is 6.61 Å². The van der Waals surface area contributed by atoms with Crippen molar-refractivity contribution in [1.29, 1.82) is 0 Å². The fraction of sp³-hybridized carbons (Fsp3) is 0.111. The van der Waals surface area contributed by atoms with Gasteiger partial charge in [0.15, 0.2) is 0 Å². The van der Waals surface area contributed by atoms with E-state index in [4.69, 9.17) is 9.72 Å². The van der Waals surface area contributed by atoms with Gasteiger partial charge in [0, 0.05) is 28.9 Å². The standard InChI is InChI=1S/C18H12FN3O/c1-22-15-4-2-10-6-11-9-23-16-5-3-12(19)7-13(16)18(11)21-17(10)14(15)8-20-22/h2-8H,9H2,1H3. The summed E-state index contributed by atoms with van der Waals surface area (Å²) in [5.41, 5.74) is 4.37. The average molecular weight is 305 g/mol. The lowest BCUT2D eigenvalue weighted by Gasteiger charge is -2.20. The summed E-state index contributed by atoms with van der Waals surface area (Å²) >= 11 is 0. The van der Waals surface area contributed by atoms with Crippen molar-refractivity contribution in [3.8, 4) is 17.0 Å². The van der Waals surface area contributed by atoms with E-state index in [2.05, 4.69) is 11.2 Å². The van der Waals surface area contributed by atoms with Crippen molar-refractivity contribution in [2.24, 2.45) is 7.05 Å². The topological polar surface area (TPSA) is 39.9 Å². The molecule has 0 saturated heterocycles. The fourth-order valence-electron chi connectivity index (χ4n) is 3.22. The van der Waals surface area contributed by atoms with Crippen molar-refractivity contribution in [3.05, 3.63) is 54.0 Å². The Morgan fingerprint density at radius 3 is 3.00 bits per heavy atom. The zero-order valence-electron chi connectivity index (χ0n) is 12.4. The molecule has 4 aromatic rings. The number of ether oxygens (including phenoxy) is 1. The van der Waals surface area contributed by atoms with Gasteiger partial charge in [0.25, 0.3) is 0 Å². The van der Waals surface area contributed by atoms with E-state index in [0.717, 1.165) is 33.1 Å². The Morgan fingerprint density at radius 1 is 1.17 bits per heavy atom. The molecule has 0 atom stereocenters. The number of fused-ring (bicyclic) bond motifs is 6. The van der Waals surface area contributed by atoms with Gasteiger partial charge in [0.2, 0.25) is 0 Å². The molecule has 3 heterocycles. The summed E-state index contributed by atoms with van der Waals surface area (Å²) < 4.78 is 21.2. The van der Waals surface area contributed by atoms with Gasteiger partial charge in [-0.1, -0.05) is 6.07 Å². The van der Waals surface area contributed by atoms with Gasteiger partial charge in [-0.2, -0.15) is 5.10 Å². The molecule has 112 valence electrons. The highest BCUT2D eigenvalue weighted by Gasteiger charge is 2.21. The van der Waals surface area contributed by atoms with E-state index in [1.807, 2.05) is 30.1 Å². The predicted octanol–water partition coefficient (Wildman–Crippen LogP) is 3.82. The lowest BCUT2D eigenvalue weighted by molar-refractivity contribution is 0.301. The van der Waals surface area contributed by atoms with Crippen LogP contribution in [0.15, 0.2) is 42.6 Å². The highest BCUT2D eigenvalue weighted by Crippen LogP contribution is 2.38. The average Bonchev–Trinajstić information content (AvgIpc) is 2.94. The first kappa shape index (κ1) is 12.6. The van der Waals surface area contributed by atoms with E-state index in [0.29, 0.717) is 17.9 Å². The normalized spacial score (nSPS) is 13.0. The van der Waals surface area contributed by atoms with Crippen LogP contribution in [0, 0.1) is 5.82 Å². The fourth-order valence-corrected chi connectivity index (χ4v) is 3.22. The first-order valence-electron chi connectivity index (χ1n) is 7.38. The molecule has 0 fully saturated rings. The maximum Gasteiger partial charge on any atom is 0.129 e. The van der Waals surface area contributed by atoms with Crippen molar-refractivity contribution in [2.75, 3.05) is 0 Å². The first-order valence-corrected chi connectivity index (χ1v) is 7.38. The Balaban J connectivity index is 1.89. The SMILES string of the molecule is Cn1ncc2c3nc4c(cc3ccc21)COc1ccc(F)cc1-4. The number of benzene rings is 2. The van der Waals surface area contributed by atoms with Crippen molar-refractivity contribution in [1.82, 2.24) is 14.8 Å². The van der Waals surface area contributed by atoms with Crippen LogP contribution in [-0.4, -0.2) is 14.8 Å². The lowest BCUT2D eigenvalue weighted by atomic mass is 10.00. The van der Waals surface area contributed by atoms with Crippen LogP contribution in [0.2, 0.25) is 0 Å². The Labute approximate surface area is 131 Å². The van der Waals surface area contributed by atoms with Crippen LogP contribution in [0.4, 0.5) is 4.39 Å². The van der Waals surface area contributed by atoms with Crippen molar-refractivity contribution in [3.63, 3.8) is 0 Å². The Hall–Kier alpha value is -2.95. The summed E-state index contributed by atoms with van der Waals surface area (Å²) in [5.74, 6) is 0.380. The molecule has 5 rings (SSSR count). The highest BCUT2D eigenvalue weighted by atomic mass is 19.1. The van der Waals surface area contributed by atoms with Crippen LogP contribution in [0.1, 0.15) is 5.56 Å². The van der Waals surface area contributed by atoms with Crippen LogP contribution in [-0.2, 0) is 13.7 Å². The van der Waals surface area contributed by atoms with E-state index < -0.39 is 0 Å². The maximum atomic E-state index is 13.7. The minimum atomic E-state index is -0.290. The molecule has 0 saturated carbocycles. The molecule has 4 nitrogen and oxygen atoms in total. The molecule has 1 aliphatic rings. The second kappa shape index (κ2) is 4.29. The third-order valence-corrected chi connectivity index (χ3v) is 4.37. The quantitative estimate of drug-likeness (QED) is 0.496. The van der Waals surface area contributed by atoms with Crippen LogP contribution in [0.25, 0.3) is 33.1 Å². The molecule has 0 amide bonds. The van der Waals surface area contributed by atoms with Gasteiger partial charge >= 0.3 is 0 Å². The minimum Gasteiger partial charge on any atom is -0.488 e. The number of pyridine rings is 1. The van der Waals surface area contributed by atoms with Gasteiger partial charge < -0.3 is 4.74 Å². The maximum absolute atomic E-state index is 13.7. The van der Waals surface area contributed by atoms with Crippen molar-refractivity contribution < 1.29 is 9.13 Å². The zero-order valence-corrected chi connectivity index (χ0v) is 12.4. The second-order valence-corrected chi connectivity index (χ2v) is 5.76. The van der Waals surface area contributed by atoms with Crippen LogP contribution in [0.5, 0.6) is 5.75 Å². The molecular formula is C18H12FN3O. The number of halogens is 1. The molecule has 23 heavy (non-hydrogen) atoms. The highest BCUT2D eigenvalue weighted by molar-refractivity contribution is 6.04. The first-order chi connectivity index (χ1) is 11.2. The third-order valence-electron chi connectivity index (χ3n) is 4.37. The van der Waals surface area contributed by atoms with Crippen molar-refractivity contribution >= 4 is 21.8 Å². The van der Waals surface area contributed by atoms with E-state index in [9.17, 15) is 4.39 Å². The van der Waals surface area contributed by atoms with Crippen LogP contribution in [0.3, 0.4) is 0 Å². The second-order valence-electron chi connectivity index (χ2n) is 5.76. The van der Waals surface area contributed by atoms with Crippen LogP contribution < -0.4 is 4.74 Å². The summed E-state index contributed by atoms with van der Waals surface area (Å²) in [6.45, 7) is 0.446. The molecule has 5 heteroatoms. The van der Waals surface area contributed by atoms with Crippen LogP contribution >= 0.6 is 0 Å². The van der Waals surface area contributed by atoms with Gasteiger partial charge in [-0.3, -0.25) is 4.68 Å². The Bertz CT molecular complexity index is 1100. The number of aryl methyl sites for hydroxylation is 1. The molecule has 2 aromatic carbocycles. The van der Waals surface area contributed by atoms with E-state index >= 15 is 0 Å². The molecule has 2 aromatic heterocycles. The Kier molecular flexibility index (Phi) is 2.34. The summed E-state index contributed by atoms with van der Waals surface area (Å²) in [4.78, 5) is 4.84. The van der Waals surface area contributed by atoms with E-state index in [1.54, 1.807) is 6.07 Å². The molecule has 0 N–H and O–H groups in total. The summed E-state index contributed by atoms with van der Waals surface area (Å²) in [7, 11) is 1.91. The molecule has 1 aliphatic heterocycles. The number of rotatable bonds is 0. The number of nitrogens with zero attached hydrogens (tertiary/aromatic N) is 3. The van der Waals surface area contributed by atoms with Gasteiger partial charge in [-0.05, 0) is 30.3 Å². The predicted molar refractivity (Wildman–Crippen MR) is 85.7 cm³/mol. The molecule has 0 spiro atoms. The minimum absolute atomic E-state index is 0.290. The number of aromatic nitrogens is 3. The lowest BCUT2D eigenvalue weighted by Crippen LogP contribution is -2.07. The molecule has 0 radical (unpaired) electrons.